The van der Waals surface area contributed by atoms with Gasteiger partial charge in [-0.25, -0.2) is 0 Å². The van der Waals surface area contributed by atoms with Crippen LogP contribution < -0.4 is 4.90 Å². The van der Waals surface area contributed by atoms with Crippen molar-refractivity contribution in [3.63, 3.8) is 0 Å². The van der Waals surface area contributed by atoms with Crippen LogP contribution in [-0.4, -0.2) is 54.3 Å². The van der Waals surface area contributed by atoms with Gasteiger partial charge in [-0.2, -0.15) is 13.2 Å². The van der Waals surface area contributed by atoms with Crippen molar-refractivity contribution >= 4 is 33.4 Å². The average molecular weight is 510 g/mol. The van der Waals surface area contributed by atoms with E-state index in [-0.39, 0.29) is 24.2 Å². The van der Waals surface area contributed by atoms with Crippen molar-refractivity contribution in [1.29, 1.82) is 0 Å². The predicted octanol–water partition coefficient (Wildman–Crippen LogP) is 4.17. The van der Waals surface area contributed by atoms with E-state index >= 15 is 0 Å². The number of nitrogens with zero attached hydrogens (tertiary/aromatic N) is 3. The van der Waals surface area contributed by atoms with Crippen molar-refractivity contribution in [2.45, 2.75) is 19.1 Å². The Kier molecular flexibility index (Phi) is 6.46. The number of carbonyl (C=O) groups excluding carboxylic acids is 2. The molecule has 2 amide bonds. The van der Waals surface area contributed by atoms with E-state index in [1.807, 2.05) is 29.2 Å². The fourth-order valence-electron chi connectivity index (χ4n) is 4.27. The van der Waals surface area contributed by atoms with Crippen LogP contribution in [0.15, 0.2) is 53.0 Å². The predicted molar refractivity (Wildman–Crippen MR) is 118 cm³/mol. The summed E-state index contributed by atoms with van der Waals surface area (Å²) in [5.41, 5.74) is 0.821. The number of alkyl halides is 3. The molecule has 0 spiro atoms. The molecule has 170 valence electrons. The van der Waals surface area contributed by atoms with Crippen LogP contribution in [0.2, 0.25) is 0 Å². The van der Waals surface area contributed by atoms with E-state index in [2.05, 4.69) is 15.9 Å². The Morgan fingerprint density at radius 2 is 1.75 bits per heavy atom. The highest BCUT2D eigenvalue weighted by Gasteiger charge is 2.37. The van der Waals surface area contributed by atoms with Gasteiger partial charge in [-0.05, 0) is 35.9 Å². The number of anilines is 1. The topological polar surface area (TPSA) is 43.9 Å². The normalized spacial score (nSPS) is 19.6. The van der Waals surface area contributed by atoms with Crippen LogP contribution in [0.1, 0.15) is 17.5 Å². The van der Waals surface area contributed by atoms with Gasteiger partial charge in [-0.15, -0.1) is 0 Å². The zero-order chi connectivity index (χ0) is 22.9. The molecule has 2 aromatic carbocycles. The summed E-state index contributed by atoms with van der Waals surface area (Å²) < 4.78 is 39.9. The van der Waals surface area contributed by atoms with Gasteiger partial charge in [0.15, 0.2) is 0 Å². The molecule has 0 unspecified atom stereocenters. The van der Waals surface area contributed by atoms with Gasteiger partial charge < -0.3 is 14.7 Å². The number of benzene rings is 2. The summed E-state index contributed by atoms with van der Waals surface area (Å²) >= 11 is 3.43. The molecule has 0 N–H and O–H groups in total. The maximum atomic E-state index is 13.0. The molecule has 0 radical (unpaired) electrons. The molecule has 2 fully saturated rings. The van der Waals surface area contributed by atoms with Crippen molar-refractivity contribution in [3.05, 3.63) is 64.1 Å². The quantitative estimate of drug-likeness (QED) is 0.621. The van der Waals surface area contributed by atoms with Gasteiger partial charge in [0.25, 0.3) is 0 Å². The highest BCUT2D eigenvalue weighted by atomic mass is 79.9. The second-order valence-corrected chi connectivity index (χ2v) is 9.08. The first-order valence-corrected chi connectivity index (χ1v) is 11.2. The van der Waals surface area contributed by atoms with E-state index in [0.717, 1.165) is 22.2 Å². The van der Waals surface area contributed by atoms with E-state index in [1.165, 1.54) is 6.07 Å². The van der Waals surface area contributed by atoms with Crippen LogP contribution in [0.3, 0.4) is 0 Å². The smallest absolute Gasteiger partial charge is 0.368 e. The average Bonchev–Trinajstić information content (AvgIpc) is 3.13. The van der Waals surface area contributed by atoms with Gasteiger partial charge >= 0.3 is 6.18 Å². The number of likely N-dealkylation sites (tertiary alicyclic amines) is 1. The minimum absolute atomic E-state index is 0.0362. The van der Waals surface area contributed by atoms with Crippen LogP contribution in [0.25, 0.3) is 0 Å². The standard InChI is InChI=1S/C23H23BrF3N3O2/c24-19-5-1-3-16(11-19)14-30-15-17(12-21(30)31)22(32)29-9-7-28(8-10-29)20-6-2-4-18(13-20)23(25,26)27/h1-6,11,13,17H,7-10,12,14-15H2/t17-/m1/s1. The van der Waals surface area contributed by atoms with Crippen LogP contribution in [0.5, 0.6) is 0 Å². The monoisotopic (exact) mass is 509 g/mol. The minimum atomic E-state index is -4.38. The number of hydrogen-bond acceptors (Lipinski definition) is 3. The molecule has 0 saturated carbocycles. The van der Waals surface area contributed by atoms with Crippen molar-refractivity contribution < 1.29 is 22.8 Å². The van der Waals surface area contributed by atoms with E-state index in [4.69, 9.17) is 0 Å². The van der Waals surface area contributed by atoms with Crippen LogP contribution >= 0.6 is 15.9 Å². The summed E-state index contributed by atoms with van der Waals surface area (Å²) in [6.07, 6.45) is -4.19. The number of halogens is 4. The molecule has 2 aliphatic heterocycles. The molecule has 2 aliphatic rings. The molecular weight excluding hydrogens is 487 g/mol. The Hall–Kier alpha value is -2.55. The van der Waals surface area contributed by atoms with Gasteiger partial charge in [0.2, 0.25) is 11.8 Å². The molecule has 1 atom stereocenters. The number of hydrogen-bond donors (Lipinski definition) is 0. The van der Waals surface area contributed by atoms with Crippen LogP contribution in [-0.2, 0) is 22.3 Å². The SMILES string of the molecule is O=C1C[C@@H](C(=O)N2CCN(c3cccc(C(F)(F)F)c3)CC2)CN1Cc1cccc(Br)c1. The molecule has 2 heterocycles. The van der Waals surface area contributed by atoms with E-state index in [9.17, 15) is 22.8 Å². The third-order valence-corrected chi connectivity index (χ3v) is 6.45. The fraction of sp³-hybridized carbons (Fsp3) is 0.391. The fourth-order valence-corrected chi connectivity index (χ4v) is 4.71. The van der Waals surface area contributed by atoms with Crippen LogP contribution in [0.4, 0.5) is 18.9 Å². The Labute approximate surface area is 192 Å². The molecule has 0 aromatic heterocycles. The number of piperazine rings is 1. The van der Waals surface area contributed by atoms with Crippen molar-refractivity contribution in [2.24, 2.45) is 5.92 Å². The molecule has 9 heteroatoms. The number of carbonyl (C=O) groups is 2. The molecule has 4 rings (SSSR count). The highest BCUT2D eigenvalue weighted by Crippen LogP contribution is 2.32. The number of amides is 2. The molecule has 2 saturated heterocycles. The Bertz CT molecular complexity index is 1010. The highest BCUT2D eigenvalue weighted by molar-refractivity contribution is 9.10. The summed E-state index contributed by atoms with van der Waals surface area (Å²) in [6.45, 7) is 2.60. The first-order valence-electron chi connectivity index (χ1n) is 10.4. The lowest BCUT2D eigenvalue weighted by Gasteiger charge is -2.37. The van der Waals surface area contributed by atoms with Crippen molar-refractivity contribution in [2.75, 3.05) is 37.6 Å². The maximum absolute atomic E-state index is 13.0. The summed E-state index contributed by atoms with van der Waals surface area (Å²) in [5, 5.41) is 0. The molecule has 0 aliphatic carbocycles. The Balaban J connectivity index is 1.33. The lowest BCUT2D eigenvalue weighted by molar-refractivity contribution is -0.137. The van der Waals surface area contributed by atoms with Crippen molar-refractivity contribution in [1.82, 2.24) is 9.80 Å². The summed E-state index contributed by atoms with van der Waals surface area (Å²) in [6, 6.07) is 13.0. The first-order chi connectivity index (χ1) is 15.2. The molecule has 0 bridgehead atoms. The zero-order valence-electron chi connectivity index (χ0n) is 17.3. The molecule has 32 heavy (non-hydrogen) atoms. The maximum Gasteiger partial charge on any atom is 0.416 e. The second kappa shape index (κ2) is 9.13. The molecule has 5 nitrogen and oxygen atoms in total. The van der Waals surface area contributed by atoms with E-state index in [0.29, 0.717) is 45.0 Å². The van der Waals surface area contributed by atoms with Gasteiger partial charge in [0.05, 0.1) is 11.5 Å². The lowest BCUT2D eigenvalue weighted by Crippen LogP contribution is -2.50. The molecular formula is C23H23BrF3N3O2. The molecule has 2 aromatic rings. The van der Waals surface area contributed by atoms with Gasteiger partial charge in [0.1, 0.15) is 0 Å². The third kappa shape index (κ3) is 5.09. The van der Waals surface area contributed by atoms with Gasteiger partial charge in [-0.1, -0.05) is 34.1 Å². The lowest BCUT2D eigenvalue weighted by atomic mass is 10.1. The summed E-state index contributed by atoms with van der Waals surface area (Å²) in [7, 11) is 0. The summed E-state index contributed by atoms with van der Waals surface area (Å²) in [4.78, 5) is 30.8. The summed E-state index contributed by atoms with van der Waals surface area (Å²) in [5.74, 6) is -0.473. The minimum Gasteiger partial charge on any atom is -0.368 e. The van der Waals surface area contributed by atoms with Gasteiger partial charge in [-0.3, -0.25) is 9.59 Å². The second-order valence-electron chi connectivity index (χ2n) is 8.17. The Morgan fingerprint density at radius 1 is 1.03 bits per heavy atom. The number of rotatable bonds is 4. The van der Waals surface area contributed by atoms with Crippen LogP contribution in [0, 0.1) is 5.92 Å². The first kappa shape index (κ1) is 22.6. The zero-order valence-corrected chi connectivity index (χ0v) is 18.9. The van der Waals surface area contributed by atoms with E-state index in [1.54, 1.807) is 15.9 Å². The third-order valence-electron chi connectivity index (χ3n) is 5.96. The van der Waals surface area contributed by atoms with Crippen molar-refractivity contribution in [3.8, 4) is 0 Å². The van der Waals surface area contributed by atoms with Gasteiger partial charge in [0, 0.05) is 55.8 Å². The van der Waals surface area contributed by atoms with E-state index < -0.39 is 11.7 Å². The largest absolute Gasteiger partial charge is 0.416 e. The Morgan fingerprint density at radius 3 is 2.44 bits per heavy atom.